The molecule has 0 aliphatic carbocycles. The number of benzene rings is 1. The van der Waals surface area contributed by atoms with Gasteiger partial charge in [0.1, 0.15) is 0 Å². The largest absolute Gasteiger partial charge is 0.394 e. The first-order valence-corrected chi connectivity index (χ1v) is 8.22. The van der Waals surface area contributed by atoms with Gasteiger partial charge in [-0.2, -0.15) is 0 Å². The molecule has 0 atom stereocenters. The first-order chi connectivity index (χ1) is 9.77. The van der Waals surface area contributed by atoms with Crippen LogP contribution in [0.15, 0.2) is 35.2 Å². The van der Waals surface area contributed by atoms with Gasteiger partial charge in [-0.15, -0.1) is 0 Å². The summed E-state index contributed by atoms with van der Waals surface area (Å²) in [7, 11) is -3.52. The van der Waals surface area contributed by atoms with E-state index >= 15 is 0 Å². The van der Waals surface area contributed by atoms with Gasteiger partial charge in [-0.3, -0.25) is 4.79 Å². The van der Waals surface area contributed by atoms with Crippen LogP contribution in [0.5, 0.6) is 0 Å². The monoisotopic (exact) mass is 314 g/mol. The number of sulfonamides is 1. The molecule has 0 saturated carbocycles. The van der Waals surface area contributed by atoms with Gasteiger partial charge in [0.25, 0.3) is 0 Å². The Morgan fingerprint density at radius 3 is 2.43 bits per heavy atom. The van der Waals surface area contributed by atoms with Gasteiger partial charge in [0, 0.05) is 13.0 Å². The molecule has 0 fully saturated rings. The van der Waals surface area contributed by atoms with Gasteiger partial charge in [0.05, 0.1) is 17.0 Å². The maximum absolute atomic E-state index is 11.9. The molecule has 1 aromatic rings. The summed E-state index contributed by atoms with van der Waals surface area (Å²) in [6.45, 7) is 3.45. The summed E-state index contributed by atoms with van der Waals surface area (Å²) in [5.74, 6) is -0.215. The summed E-state index contributed by atoms with van der Waals surface area (Å²) in [5.41, 5.74) is -0.666. The lowest BCUT2D eigenvalue weighted by molar-refractivity contribution is -0.123. The van der Waals surface area contributed by atoms with Crippen LogP contribution in [0.1, 0.15) is 26.7 Å². The van der Waals surface area contributed by atoms with E-state index in [1.807, 2.05) is 0 Å². The molecule has 118 valence electrons. The van der Waals surface area contributed by atoms with Crippen LogP contribution >= 0.6 is 0 Å². The molecule has 1 aromatic carbocycles. The molecule has 0 bridgehead atoms. The molecular weight excluding hydrogens is 292 g/mol. The third kappa shape index (κ3) is 6.24. The number of aliphatic hydroxyl groups excluding tert-OH is 1. The van der Waals surface area contributed by atoms with Gasteiger partial charge in [-0.05, 0) is 32.4 Å². The first kappa shape index (κ1) is 17.6. The van der Waals surface area contributed by atoms with E-state index in [4.69, 9.17) is 5.11 Å². The predicted molar refractivity (Wildman–Crippen MR) is 80.2 cm³/mol. The van der Waals surface area contributed by atoms with E-state index < -0.39 is 15.6 Å². The van der Waals surface area contributed by atoms with Crippen molar-refractivity contribution in [2.24, 2.45) is 0 Å². The van der Waals surface area contributed by atoms with E-state index in [9.17, 15) is 13.2 Å². The second-order valence-electron chi connectivity index (χ2n) is 5.40. The van der Waals surface area contributed by atoms with E-state index in [0.717, 1.165) is 0 Å². The molecule has 0 heterocycles. The Hall–Kier alpha value is -1.44. The van der Waals surface area contributed by atoms with E-state index in [-0.39, 0.29) is 30.4 Å². The molecule has 7 heteroatoms. The smallest absolute Gasteiger partial charge is 0.240 e. The lowest BCUT2D eigenvalue weighted by atomic mass is 10.1. The van der Waals surface area contributed by atoms with E-state index in [1.165, 1.54) is 12.1 Å². The first-order valence-electron chi connectivity index (χ1n) is 6.73. The molecule has 1 rings (SSSR count). The molecule has 6 nitrogen and oxygen atoms in total. The number of nitrogens with one attached hydrogen (secondary N) is 2. The normalized spacial score (nSPS) is 12.1. The van der Waals surface area contributed by atoms with Gasteiger partial charge in [0.15, 0.2) is 0 Å². The average molecular weight is 314 g/mol. The minimum atomic E-state index is -3.52. The quantitative estimate of drug-likeness (QED) is 0.613. The van der Waals surface area contributed by atoms with Crippen molar-refractivity contribution in [1.29, 1.82) is 0 Å². The van der Waals surface area contributed by atoms with E-state index in [1.54, 1.807) is 32.0 Å². The number of aliphatic hydroxyl groups is 1. The number of carbonyl (C=O) groups is 1. The zero-order chi connectivity index (χ0) is 15.9. The molecule has 1 amide bonds. The Balaban J connectivity index is 2.36. The minimum absolute atomic E-state index is 0.153. The summed E-state index contributed by atoms with van der Waals surface area (Å²) >= 11 is 0. The molecule has 0 aliphatic rings. The molecule has 0 unspecified atom stereocenters. The fourth-order valence-electron chi connectivity index (χ4n) is 1.62. The Morgan fingerprint density at radius 1 is 1.24 bits per heavy atom. The topological polar surface area (TPSA) is 95.5 Å². The second kappa shape index (κ2) is 7.53. The highest BCUT2D eigenvalue weighted by Crippen LogP contribution is 2.07. The van der Waals surface area contributed by atoms with Crippen LogP contribution in [-0.2, 0) is 14.8 Å². The highest BCUT2D eigenvalue weighted by atomic mass is 32.2. The van der Waals surface area contributed by atoms with Crippen LogP contribution in [0, 0.1) is 0 Å². The van der Waals surface area contributed by atoms with Crippen molar-refractivity contribution in [2.45, 2.75) is 37.1 Å². The van der Waals surface area contributed by atoms with Crippen LogP contribution in [-0.4, -0.2) is 38.1 Å². The van der Waals surface area contributed by atoms with Crippen LogP contribution in [0.2, 0.25) is 0 Å². The number of rotatable bonds is 8. The molecule has 0 radical (unpaired) electrons. The highest BCUT2D eigenvalue weighted by molar-refractivity contribution is 7.89. The third-order valence-electron chi connectivity index (χ3n) is 2.80. The fraction of sp³-hybridized carbons (Fsp3) is 0.500. The minimum Gasteiger partial charge on any atom is -0.394 e. The number of hydrogen-bond acceptors (Lipinski definition) is 4. The molecule has 21 heavy (non-hydrogen) atoms. The average Bonchev–Trinajstić information content (AvgIpc) is 2.44. The fourth-order valence-corrected chi connectivity index (χ4v) is 2.71. The molecule has 0 spiro atoms. The van der Waals surface area contributed by atoms with E-state index in [2.05, 4.69) is 10.0 Å². The van der Waals surface area contributed by atoms with E-state index in [0.29, 0.717) is 6.42 Å². The van der Waals surface area contributed by atoms with Crippen LogP contribution < -0.4 is 10.0 Å². The molecule has 3 N–H and O–H groups in total. The summed E-state index contributed by atoms with van der Waals surface area (Å²) in [6, 6.07) is 8.07. The number of hydrogen-bond donors (Lipinski definition) is 3. The summed E-state index contributed by atoms with van der Waals surface area (Å²) in [6.07, 6.45) is 0.583. The molecule has 0 saturated heterocycles. The molecule has 0 aliphatic heterocycles. The van der Waals surface area contributed by atoms with Gasteiger partial charge in [0.2, 0.25) is 15.9 Å². The standard InChI is InChI=1S/C14H22N2O4S/c1-14(2,11-17)16-13(18)9-6-10-15-21(19,20)12-7-4-3-5-8-12/h3-5,7-8,15,17H,6,9-11H2,1-2H3,(H,16,18). The van der Waals surface area contributed by atoms with Crippen LogP contribution in [0.3, 0.4) is 0 Å². The molecular formula is C14H22N2O4S. The van der Waals surface area contributed by atoms with Gasteiger partial charge in [-0.25, -0.2) is 13.1 Å². The maximum atomic E-state index is 11.9. The predicted octanol–water partition coefficient (Wildman–Crippen LogP) is 0.632. The van der Waals surface area contributed by atoms with Crippen molar-refractivity contribution in [1.82, 2.24) is 10.0 Å². The van der Waals surface area contributed by atoms with Gasteiger partial charge in [-0.1, -0.05) is 18.2 Å². The van der Waals surface area contributed by atoms with Gasteiger partial charge < -0.3 is 10.4 Å². The van der Waals surface area contributed by atoms with Crippen LogP contribution in [0.25, 0.3) is 0 Å². The Kier molecular flexibility index (Phi) is 6.32. The zero-order valence-electron chi connectivity index (χ0n) is 12.3. The van der Waals surface area contributed by atoms with Crippen LogP contribution in [0.4, 0.5) is 0 Å². The van der Waals surface area contributed by atoms with Crippen molar-refractivity contribution in [3.8, 4) is 0 Å². The second-order valence-corrected chi connectivity index (χ2v) is 7.17. The van der Waals surface area contributed by atoms with Crippen molar-refractivity contribution in [3.63, 3.8) is 0 Å². The highest BCUT2D eigenvalue weighted by Gasteiger charge is 2.19. The van der Waals surface area contributed by atoms with Crippen molar-refractivity contribution in [2.75, 3.05) is 13.2 Å². The maximum Gasteiger partial charge on any atom is 0.240 e. The summed E-state index contributed by atoms with van der Waals surface area (Å²) in [4.78, 5) is 11.8. The van der Waals surface area contributed by atoms with Crippen molar-refractivity contribution < 1.29 is 18.3 Å². The van der Waals surface area contributed by atoms with Crippen molar-refractivity contribution >= 4 is 15.9 Å². The number of amides is 1. The Bertz CT molecular complexity index is 556. The number of carbonyl (C=O) groups excluding carboxylic acids is 1. The lowest BCUT2D eigenvalue weighted by Crippen LogP contribution is -2.46. The van der Waals surface area contributed by atoms with Gasteiger partial charge >= 0.3 is 0 Å². The summed E-state index contributed by atoms with van der Waals surface area (Å²) in [5, 5.41) is 11.7. The molecule has 0 aromatic heterocycles. The SMILES string of the molecule is CC(C)(CO)NC(=O)CCCNS(=O)(=O)c1ccccc1. The third-order valence-corrected chi connectivity index (χ3v) is 4.28. The summed E-state index contributed by atoms with van der Waals surface area (Å²) < 4.78 is 26.3. The van der Waals surface area contributed by atoms with Crippen molar-refractivity contribution in [3.05, 3.63) is 30.3 Å². The Morgan fingerprint density at radius 2 is 1.86 bits per heavy atom. The Labute approximate surface area is 125 Å². The zero-order valence-corrected chi connectivity index (χ0v) is 13.1. The lowest BCUT2D eigenvalue weighted by Gasteiger charge is -2.23.